The first-order valence-corrected chi connectivity index (χ1v) is 11.2. The van der Waals surface area contributed by atoms with Crippen LogP contribution in [0.1, 0.15) is 31.2 Å². The molecule has 0 amide bonds. The fourth-order valence-electron chi connectivity index (χ4n) is 2.17. The summed E-state index contributed by atoms with van der Waals surface area (Å²) < 4.78 is 112. The Morgan fingerprint density at radius 2 is 1.78 bits per heavy atom. The molecule has 0 spiro atoms. The summed E-state index contributed by atoms with van der Waals surface area (Å²) in [6.07, 6.45) is -1.96. The molecule has 3 aromatic rings. The number of nitrogens with one attached hydrogen (secondary N) is 2. The van der Waals surface area contributed by atoms with Crippen molar-refractivity contribution in [2.75, 3.05) is 24.3 Å². The highest BCUT2D eigenvalue weighted by Crippen LogP contribution is 2.34. The lowest BCUT2D eigenvalue weighted by molar-refractivity contribution is 0.202. The zero-order chi connectivity index (χ0) is 31.0. The molecule has 2 aromatic heterocycles. The van der Waals surface area contributed by atoms with Gasteiger partial charge in [-0.25, -0.2) is 19.9 Å². The van der Waals surface area contributed by atoms with E-state index in [1.807, 2.05) is 4.72 Å². The molecular weight excluding hydrogens is 500 g/mol. The van der Waals surface area contributed by atoms with E-state index in [0.29, 0.717) is 4.47 Å². The van der Waals surface area contributed by atoms with Crippen molar-refractivity contribution >= 4 is 32.0 Å². The third kappa shape index (κ3) is 6.84. The minimum Gasteiger partial charge on any atom is -0.473 e. The summed E-state index contributed by atoms with van der Waals surface area (Å²) in [5.74, 6) is -1.37. The normalized spacial score (nSPS) is 16.7. The van der Waals surface area contributed by atoms with E-state index < -0.39 is 66.2 Å². The molecular formula is C20H23BrN6O4S. The van der Waals surface area contributed by atoms with Gasteiger partial charge in [0, 0.05) is 26.1 Å². The summed E-state index contributed by atoms with van der Waals surface area (Å²) in [7, 11) is -4.66. The highest BCUT2D eigenvalue weighted by molar-refractivity contribution is 9.10. The van der Waals surface area contributed by atoms with E-state index in [2.05, 4.69) is 35.9 Å². The third-order valence-electron chi connectivity index (χ3n) is 3.48. The van der Waals surface area contributed by atoms with E-state index in [1.54, 1.807) is 16.9 Å². The first-order valence-electron chi connectivity index (χ1n) is 13.4. The van der Waals surface area contributed by atoms with Crippen molar-refractivity contribution < 1.29 is 30.2 Å². The van der Waals surface area contributed by atoms with Gasteiger partial charge < -0.3 is 9.47 Å². The number of aromatic nitrogens is 4. The number of hydrogen-bond donors (Lipinski definition) is 2. The zero-order valence-electron chi connectivity index (χ0n) is 25.7. The first-order chi connectivity index (χ1) is 18.8. The number of hydrogen-bond acceptors (Lipinski definition) is 8. The van der Waals surface area contributed by atoms with Crippen LogP contribution in [0.15, 0.2) is 47.4 Å². The van der Waals surface area contributed by atoms with Crippen LogP contribution in [-0.2, 0) is 10.2 Å². The van der Waals surface area contributed by atoms with Crippen LogP contribution in [-0.4, -0.2) is 48.0 Å². The Labute approximate surface area is 207 Å². The van der Waals surface area contributed by atoms with E-state index in [0.717, 1.165) is 0 Å². The van der Waals surface area contributed by atoms with Crippen LogP contribution in [0.4, 0.5) is 5.82 Å². The summed E-state index contributed by atoms with van der Waals surface area (Å²) >= 11 is 3.26. The molecule has 170 valence electrons. The van der Waals surface area contributed by atoms with Gasteiger partial charge in [-0.05, 0) is 36.6 Å². The fraction of sp³-hybridized carbons (Fsp3) is 0.300. The Kier molecular flexibility index (Phi) is 5.00. The van der Waals surface area contributed by atoms with Crippen molar-refractivity contribution in [2.24, 2.45) is 0 Å². The maximum Gasteiger partial charge on any atom is 0.316 e. The fourth-order valence-corrected chi connectivity index (χ4v) is 3.22. The third-order valence-corrected chi connectivity index (χ3v) is 4.89. The van der Waals surface area contributed by atoms with Crippen molar-refractivity contribution in [1.29, 1.82) is 0 Å². The number of anilines is 1. The SMILES string of the molecule is [2H]c1nc(NS(=O)(=O)NC([2H])([2H])CC)c(-c2ccc(Br)cc2)c(OC([2H])([2H])C([2H])([2H])Oc2nc([2H])c(C)c([2H])n2)n1. The van der Waals surface area contributed by atoms with Crippen LogP contribution in [0.2, 0.25) is 0 Å². The highest BCUT2D eigenvalue weighted by atomic mass is 79.9. The van der Waals surface area contributed by atoms with Gasteiger partial charge in [0.1, 0.15) is 20.8 Å². The number of halogens is 1. The monoisotopic (exact) mass is 531 g/mol. The molecule has 0 bridgehead atoms. The van der Waals surface area contributed by atoms with Gasteiger partial charge in [-0.15, -0.1) is 0 Å². The lowest BCUT2D eigenvalue weighted by Crippen LogP contribution is -2.31. The van der Waals surface area contributed by atoms with E-state index in [9.17, 15) is 8.42 Å². The van der Waals surface area contributed by atoms with Gasteiger partial charge in [-0.1, -0.05) is 35.0 Å². The first kappa shape index (κ1) is 14.3. The van der Waals surface area contributed by atoms with Crippen molar-refractivity contribution in [3.63, 3.8) is 0 Å². The molecule has 0 atom stereocenters. The Balaban J connectivity index is 2.10. The Morgan fingerprint density at radius 3 is 2.47 bits per heavy atom. The highest BCUT2D eigenvalue weighted by Gasteiger charge is 2.19. The predicted molar refractivity (Wildman–Crippen MR) is 124 cm³/mol. The molecule has 0 aliphatic carbocycles. The lowest BCUT2D eigenvalue weighted by Gasteiger charge is -2.15. The van der Waals surface area contributed by atoms with Gasteiger partial charge in [-0.2, -0.15) is 13.1 Å². The number of rotatable bonds is 11. The van der Waals surface area contributed by atoms with Crippen LogP contribution in [0.3, 0.4) is 0 Å². The molecule has 2 heterocycles. The van der Waals surface area contributed by atoms with Gasteiger partial charge in [0.2, 0.25) is 5.88 Å². The Bertz CT molecular complexity index is 1530. The summed E-state index contributed by atoms with van der Waals surface area (Å²) in [5.41, 5.74) is -0.0860. The van der Waals surface area contributed by atoms with Crippen molar-refractivity contribution in [2.45, 2.75) is 20.3 Å². The molecule has 0 radical (unpaired) electrons. The van der Waals surface area contributed by atoms with Gasteiger partial charge in [0.05, 0.1) is 13.8 Å². The maximum atomic E-state index is 12.7. The van der Waals surface area contributed by atoms with Crippen molar-refractivity contribution in [1.82, 2.24) is 24.7 Å². The summed E-state index contributed by atoms with van der Waals surface area (Å²) in [6, 6.07) is 5.17. The molecule has 0 aliphatic heterocycles. The van der Waals surface area contributed by atoms with Crippen LogP contribution in [0.25, 0.3) is 11.1 Å². The zero-order valence-corrected chi connectivity index (χ0v) is 19.1. The second kappa shape index (κ2) is 11.2. The molecule has 1 aromatic carbocycles. The Morgan fingerprint density at radius 1 is 1.09 bits per heavy atom. The molecule has 10 nitrogen and oxygen atoms in total. The minimum absolute atomic E-state index is 0.0803. The average Bonchev–Trinajstić information content (AvgIpc) is 2.81. The molecule has 0 saturated heterocycles. The van der Waals surface area contributed by atoms with Crippen molar-refractivity contribution in [3.8, 4) is 23.0 Å². The van der Waals surface area contributed by atoms with E-state index in [1.165, 1.54) is 26.0 Å². The Hall–Kier alpha value is -2.83. The number of nitrogens with zero attached hydrogens (tertiary/aromatic N) is 4. The van der Waals surface area contributed by atoms with E-state index in [4.69, 9.17) is 21.8 Å². The molecule has 0 saturated carbocycles. The molecule has 32 heavy (non-hydrogen) atoms. The van der Waals surface area contributed by atoms with E-state index in [-0.39, 0.29) is 23.1 Å². The summed E-state index contributed by atoms with van der Waals surface area (Å²) in [5, 5.41) is 0. The minimum atomic E-state index is -4.66. The molecule has 0 unspecified atom stereocenters. The number of ether oxygens (including phenoxy) is 2. The largest absolute Gasteiger partial charge is 0.473 e. The summed E-state index contributed by atoms with van der Waals surface area (Å²) in [6.45, 7) is -6.36. The van der Waals surface area contributed by atoms with Gasteiger partial charge in [-0.3, -0.25) is 4.72 Å². The maximum absolute atomic E-state index is 12.7. The molecule has 3 rings (SSSR count). The van der Waals surface area contributed by atoms with E-state index >= 15 is 0 Å². The molecule has 0 aliphatic rings. The van der Waals surface area contributed by atoms with Crippen LogP contribution in [0.5, 0.6) is 11.9 Å². The smallest absolute Gasteiger partial charge is 0.316 e. The molecule has 0 fully saturated rings. The average molecular weight is 532 g/mol. The quantitative estimate of drug-likeness (QED) is 0.386. The van der Waals surface area contributed by atoms with Gasteiger partial charge in [0.25, 0.3) is 10.2 Å². The van der Waals surface area contributed by atoms with Gasteiger partial charge >= 0.3 is 6.01 Å². The van der Waals surface area contributed by atoms with Crippen LogP contribution in [0, 0.1) is 6.92 Å². The second-order valence-corrected chi connectivity index (χ2v) is 8.19. The second-order valence-electron chi connectivity index (χ2n) is 5.86. The van der Waals surface area contributed by atoms with Crippen LogP contribution < -0.4 is 18.9 Å². The summed E-state index contributed by atoms with van der Waals surface area (Å²) in [4.78, 5) is 14.7. The lowest BCUT2D eigenvalue weighted by atomic mass is 10.1. The van der Waals surface area contributed by atoms with Gasteiger partial charge in [0.15, 0.2) is 5.82 Å². The molecule has 2 N–H and O–H groups in total. The van der Waals surface area contributed by atoms with Crippen molar-refractivity contribution in [3.05, 3.63) is 53.0 Å². The standard InChI is InChI=1S/C20H23BrN6O4S/c1-3-8-26-32(28,29)27-18-17(15-4-6-16(21)7-5-15)19(25-13-24-18)30-9-10-31-20-22-11-14(2)12-23-20/h4-7,11-13,26H,3,8-10H2,1-2H3,(H,24,25,27)/i8D2,9D2,10D2,11D,12D,13D. The molecule has 12 heteroatoms. The predicted octanol–water partition coefficient (Wildman–Crippen LogP) is 3.12. The topological polar surface area (TPSA) is 128 Å². The van der Waals surface area contributed by atoms with Crippen LogP contribution >= 0.6 is 15.9 Å². The number of benzene rings is 1.